The number of rotatable bonds is 9. The third kappa shape index (κ3) is 4.98. The second-order valence-electron chi connectivity index (χ2n) is 16.0. The molecule has 1 N–H and O–H groups in total. The molecule has 0 aromatic heterocycles. The monoisotopic (exact) mass is 588 g/mol. The zero-order valence-corrected chi connectivity index (χ0v) is 27.7. The number of fused-ring (bicyclic) bond motifs is 2. The molecule has 0 heterocycles. The van der Waals surface area contributed by atoms with Gasteiger partial charge in [0.15, 0.2) is 11.5 Å². The number of hydrogen-bond donors (Lipinski definition) is 1. The van der Waals surface area contributed by atoms with Crippen molar-refractivity contribution in [1.29, 1.82) is 0 Å². The van der Waals surface area contributed by atoms with Crippen molar-refractivity contribution in [3.8, 4) is 11.5 Å². The van der Waals surface area contributed by atoms with Crippen LogP contribution < -0.4 is 4.74 Å². The van der Waals surface area contributed by atoms with Crippen LogP contribution >= 0.6 is 0 Å². The maximum Gasteiger partial charge on any atom is 0.331 e. The summed E-state index contributed by atoms with van der Waals surface area (Å²) in [5.41, 5.74) is 3.80. The number of methoxy groups -OCH3 is 1. The average Bonchev–Trinajstić information content (AvgIpc) is 3.52. The van der Waals surface area contributed by atoms with Crippen LogP contribution in [0, 0.1) is 57.7 Å². The van der Waals surface area contributed by atoms with Crippen molar-refractivity contribution < 1.29 is 19.4 Å². The van der Waals surface area contributed by atoms with Gasteiger partial charge in [0, 0.05) is 6.08 Å². The molecule has 43 heavy (non-hydrogen) atoms. The third-order valence-corrected chi connectivity index (χ3v) is 14.2. The minimum absolute atomic E-state index is 0.00230. The molecule has 6 rings (SSSR count). The van der Waals surface area contributed by atoms with E-state index in [9.17, 15) is 9.90 Å². The molecule has 5 saturated carbocycles. The molecule has 236 valence electrons. The lowest BCUT2D eigenvalue weighted by Crippen LogP contribution is -2.51. The Balaban J connectivity index is 1.09. The molecule has 1 aromatic carbocycles. The fraction of sp³-hybridized carbons (Fsp3) is 0.718. The normalized spacial score (nSPS) is 40.3. The van der Waals surface area contributed by atoms with Gasteiger partial charge in [0.1, 0.15) is 6.10 Å². The molecule has 10 atom stereocenters. The summed E-state index contributed by atoms with van der Waals surface area (Å²) in [6.45, 7) is 16.6. The number of ether oxygens (including phenoxy) is 2. The number of phenols is 1. The zero-order valence-electron chi connectivity index (χ0n) is 27.7. The van der Waals surface area contributed by atoms with Crippen LogP contribution in [0.25, 0.3) is 6.08 Å². The average molecular weight is 589 g/mol. The summed E-state index contributed by atoms with van der Waals surface area (Å²) in [5, 5.41) is 9.85. The highest BCUT2D eigenvalue weighted by Crippen LogP contribution is 2.86. The second kappa shape index (κ2) is 11.3. The van der Waals surface area contributed by atoms with Gasteiger partial charge in [0.05, 0.1) is 7.11 Å². The summed E-state index contributed by atoms with van der Waals surface area (Å²) in [7, 11) is 1.52. The van der Waals surface area contributed by atoms with Gasteiger partial charge < -0.3 is 14.6 Å². The lowest BCUT2D eigenvalue weighted by molar-refractivity contribution is -0.155. The van der Waals surface area contributed by atoms with E-state index in [1.54, 1.807) is 24.3 Å². The highest BCUT2D eigenvalue weighted by molar-refractivity contribution is 5.87. The first-order valence-corrected chi connectivity index (χ1v) is 17.4. The van der Waals surface area contributed by atoms with E-state index in [1.165, 1.54) is 83.0 Å². The molecule has 0 saturated heterocycles. The molecule has 5 aliphatic carbocycles. The highest BCUT2D eigenvalue weighted by atomic mass is 16.5. The predicted molar refractivity (Wildman–Crippen MR) is 174 cm³/mol. The van der Waals surface area contributed by atoms with E-state index in [0.717, 1.165) is 35.7 Å². The maximum absolute atomic E-state index is 12.9. The summed E-state index contributed by atoms with van der Waals surface area (Å²) in [6, 6.07) is 5.08. The fourth-order valence-corrected chi connectivity index (χ4v) is 11.7. The summed E-state index contributed by atoms with van der Waals surface area (Å²) in [6.07, 6.45) is 17.9. The molecule has 1 aromatic rings. The number of phenolic OH excluding ortho intramolecular Hbond substituents is 1. The molecular formula is C39H56O4. The summed E-state index contributed by atoms with van der Waals surface area (Å²) < 4.78 is 11.3. The number of aromatic hydroxyl groups is 1. The Morgan fingerprint density at radius 2 is 1.77 bits per heavy atom. The van der Waals surface area contributed by atoms with Gasteiger partial charge >= 0.3 is 5.97 Å². The van der Waals surface area contributed by atoms with E-state index in [0.29, 0.717) is 39.7 Å². The van der Waals surface area contributed by atoms with Crippen molar-refractivity contribution in [1.82, 2.24) is 0 Å². The number of allylic oxidation sites excluding steroid dienone is 1. The minimum atomic E-state index is -0.268. The number of esters is 1. The Morgan fingerprint density at radius 1 is 1.05 bits per heavy atom. The van der Waals surface area contributed by atoms with Gasteiger partial charge in [-0.3, -0.25) is 0 Å². The number of carbonyl (C=O) groups is 1. The first-order valence-electron chi connectivity index (χ1n) is 17.4. The van der Waals surface area contributed by atoms with Crippen molar-refractivity contribution >= 4 is 12.0 Å². The van der Waals surface area contributed by atoms with Crippen molar-refractivity contribution in [3.63, 3.8) is 0 Å². The quantitative estimate of drug-likeness (QED) is 0.177. The first kappa shape index (κ1) is 30.8. The van der Waals surface area contributed by atoms with E-state index in [-0.39, 0.29) is 17.8 Å². The van der Waals surface area contributed by atoms with Crippen LogP contribution in [0.1, 0.15) is 111 Å². The maximum atomic E-state index is 12.9. The van der Waals surface area contributed by atoms with Gasteiger partial charge in [0.25, 0.3) is 0 Å². The van der Waals surface area contributed by atoms with Crippen molar-refractivity contribution in [3.05, 3.63) is 42.0 Å². The van der Waals surface area contributed by atoms with Crippen LogP contribution in [0.4, 0.5) is 0 Å². The smallest absolute Gasteiger partial charge is 0.331 e. The van der Waals surface area contributed by atoms with Crippen LogP contribution in [-0.4, -0.2) is 24.3 Å². The number of carbonyl (C=O) groups excluding carboxylic acids is 1. The zero-order chi connectivity index (χ0) is 30.7. The van der Waals surface area contributed by atoms with E-state index in [2.05, 4.69) is 41.2 Å². The van der Waals surface area contributed by atoms with E-state index >= 15 is 0 Å². The van der Waals surface area contributed by atoms with E-state index < -0.39 is 0 Å². The molecule has 0 radical (unpaired) electrons. The highest BCUT2D eigenvalue weighted by Gasteiger charge is 2.79. The largest absolute Gasteiger partial charge is 0.504 e. The summed E-state index contributed by atoms with van der Waals surface area (Å²) in [4.78, 5) is 12.9. The van der Waals surface area contributed by atoms with Gasteiger partial charge in [-0.05, 0) is 152 Å². The SMILES string of the molecule is C=C(CC[C@@H](C)[C@H]1CC[C@H]2[C@@H]3CC[C@H]4[C@H](C)[C@@H](OC(=O)C=Cc5ccc(O)c(OC)c5)CC[C@@]45C[C@@]35CC[C@]12C)C(C)C. The van der Waals surface area contributed by atoms with Gasteiger partial charge in [-0.2, -0.15) is 0 Å². The summed E-state index contributed by atoms with van der Waals surface area (Å²) in [5.74, 6) is 5.38. The topological polar surface area (TPSA) is 55.8 Å². The molecule has 0 bridgehead atoms. The molecule has 0 unspecified atom stereocenters. The predicted octanol–water partition coefficient (Wildman–Crippen LogP) is 9.61. The molecule has 4 nitrogen and oxygen atoms in total. The van der Waals surface area contributed by atoms with Gasteiger partial charge in [-0.1, -0.05) is 52.8 Å². The Morgan fingerprint density at radius 3 is 2.51 bits per heavy atom. The number of hydrogen-bond acceptors (Lipinski definition) is 4. The molecule has 5 fully saturated rings. The van der Waals surface area contributed by atoms with Crippen molar-refractivity contribution in [2.24, 2.45) is 57.7 Å². The van der Waals surface area contributed by atoms with Gasteiger partial charge in [-0.15, -0.1) is 0 Å². The second-order valence-corrected chi connectivity index (χ2v) is 16.0. The first-order chi connectivity index (χ1) is 20.5. The Labute approximate surface area is 260 Å². The van der Waals surface area contributed by atoms with Gasteiger partial charge in [0.2, 0.25) is 0 Å². The van der Waals surface area contributed by atoms with Crippen LogP contribution in [0.15, 0.2) is 36.4 Å². The summed E-state index contributed by atoms with van der Waals surface area (Å²) >= 11 is 0. The van der Waals surface area contributed by atoms with E-state index in [4.69, 9.17) is 9.47 Å². The van der Waals surface area contributed by atoms with E-state index in [1.807, 2.05) is 0 Å². The molecule has 5 aliphatic rings. The fourth-order valence-electron chi connectivity index (χ4n) is 11.7. The minimum Gasteiger partial charge on any atom is -0.504 e. The Hall–Kier alpha value is -2.23. The molecular weight excluding hydrogens is 532 g/mol. The van der Waals surface area contributed by atoms with Crippen LogP contribution in [0.5, 0.6) is 11.5 Å². The van der Waals surface area contributed by atoms with Crippen LogP contribution in [0.3, 0.4) is 0 Å². The molecule has 2 spiro atoms. The van der Waals surface area contributed by atoms with Crippen LogP contribution in [-0.2, 0) is 9.53 Å². The molecule has 0 amide bonds. The van der Waals surface area contributed by atoms with Crippen molar-refractivity contribution in [2.45, 2.75) is 111 Å². The molecule has 4 heteroatoms. The van der Waals surface area contributed by atoms with Gasteiger partial charge in [-0.25, -0.2) is 4.79 Å². The lowest BCUT2D eigenvalue weighted by atomic mass is 9.48. The molecule has 0 aliphatic heterocycles. The van der Waals surface area contributed by atoms with Crippen molar-refractivity contribution in [2.75, 3.05) is 7.11 Å². The standard InChI is InChI=1S/C39H56O4/c1-24(2)25(3)8-9-26(4)29-12-14-31-32-15-13-30-27(5)34(18-19-38(30)23-39(32,38)21-20-37(29,31)6)43-36(41)17-11-28-10-16-33(40)35(22-28)42-7/h10-11,16-17,22,24,26-27,29-32,34,40H,3,8-9,12-15,18-21,23H2,1-2,4-7H3/t26-,27+,29-,30+,31+,32+,34+,37-,38-,39+/m1/s1. The lowest BCUT2D eigenvalue weighted by Gasteiger charge is -2.57. The number of benzene rings is 1. The third-order valence-electron chi connectivity index (χ3n) is 14.2. The Kier molecular flexibility index (Phi) is 8.08. The Bertz CT molecular complexity index is 1260. The van der Waals surface area contributed by atoms with Crippen LogP contribution in [0.2, 0.25) is 0 Å².